The maximum Gasteiger partial charge on any atom is 0.220 e. The monoisotopic (exact) mass is 380 g/mol. The molecule has 3 rings (SSSR count). The number of amides is 1. The molecule has 1 saturated heterocycles. The molecule has 1 amide bonds. The lowest BCUT2D eigenvalue weighted by molar-refractivity contribution is -0.121. The van der Waals surface area contributed by atoms with Gasteiger partial charge in [0.25, 0.3) is 0 Å². The van der Waals surface area contributed by atoms with Crippen LogP contribution in [0.2, 0.25) is 0 Å². The molecule has 0 bridgehead atoms. The van der Waals surface area contributed by atoms with Crippen molar-refractivity contribution in [3.05, 3.63) is 59.7 Å². The summed E-state index contributed by atoms with van der Waals surface area (Å²) in [6.45, 7) is 6.65. The molecule has 150 valence electrons. The van der Waals surface area contributed by atoms with Crippen molar-refractivity contribution in [1.29, 1.82) is 0 Å². The Hall–Kier alpha value is -2.49. The third-order valence-corrected chi connectivity index (χ3v) is 5.72. The number of piperidine rings is 1. The number of hydrogen-bond donors (Lipinski definition) is 1. The van der Waals surface area contributed by atoms with Crippen molar-refractivity contribution < 1.29 is 9.53 Å². The fourth-order valence-corrected chi connectivity index (χ4v) is 3.69. The summed E-state index contributed by atoms with van der Waals surface area (Å²) in [7, 11) is 1.66. The summed E-state index contributed by atoms with van der Waals surface area (Å²) in [5.41, 5.74) is 3.57. The maximum atomic E-state index is 12.3. The molecule has 0 unspecified atom stereocenters. The average molecular weight is 381 g/mol. The first-order valence-electron chi connectivity index (χ1n) is 10.3. The van der Waals surface area contributed by atoms with Crippen LogP contribution in [0.4, 0.5) is 5.69 Å². The lowest BCUT2D eigenvalue weighted by atomic mass is 9.98. The summed E-state index contributed by atoms with van der Waals surface area (Å²) in [5.74, 6) is 1.76. The predicted molar refractivity (Wildman–Crippen MR) is 115 cm³/mol. The molecule has 0 aromatic heterocycles. The molecular weight excluding hydrogens is 348 g/mol. The van der Waals surface area contributed by atoms with Crippen LogP contribution in [0.25, 0.3) is 0 Å². The molecule has 2 aromatic rings. The summed E-state index contributed by atoms with van der Waals surface area (Å²) in [6.07, 6.45) is 3.75. The van der Waals surface area contributed by atoms with Gasteiger partial charge in [-0.05, 0) is 67.5 Å². The van der Waals surface area contributed by atoms with Gasteiger partial charge in [-0.3, -0.25) is 4.79 Å². The smallest absolute Gasteiger partial charge is 0.220 e. The van der Waals surface area contributed by atoms with Crippen LogP contribution < -0.4 is 15.0 Å². The number of benzene rings is 2. The first-order chi connectivity index (χ1) is 13.5. The molecule has 1 atom stereocenters. The van der Waals surface area contributed by atoms with Gasteiger partial charge in [0, 0.05) is 25.2 Å². The van der Waals surface area contributed by atoms with E-state index in [0.29, 0.717) is 6.42 Å². The Bertz CT molecular complexity index is 747. The highest BCUT2D eigenvalue weighted by Crippen LogP contribution is 2.24. The Morgan fingerprint density at radius 1 is 1.11 bits per heavy atom. The molecule has 0 radical (unpaired) electrons. The highest BCUT2D eigenvalue weighted by atomic mass is 16.5. The molecular formula is C24H32N2O2. The number of carbonyl (C=O) groups excluding carboxylic acids is 1. The minimum absolute atomic E-state index is 0.0128. The Balaban J connectivity index is 1.48. The number of nitrogens with zero attached hydrogens (tertiary/aromatic N) is 1. The zero-order valence-corrected chi connectivity index (χ0v) is 17.3. The second-order valence-electron chi connectivity index (χ2n) is 7.90. The minimum Gasteiger partial charge on any atom is -0.497 e. The number of rotatable bonds is 7. The number of aryl methyl sites for hydroxylation is 1. The second-order valence-corrected chi connectivity index (χ2v) is 7.90. The number of methoxy groups -OCH3 is 1. The van der Waals surface area contributed by atoms with Crippen molar-refractivity contribution >= 4 is 11.6 Å². The van der Waals surface area contributed by atoms with Gasteiger partial charge in [0.1, 0.15) is 5.75 Å². The zero-order valence-electron chi connectivity index (χ0n) is 17.3. The van der Waals surface area contributed by atoms with E-state index < -0.39 is 0 Å². The molecule has 1 aliphatic heterocycles. The van der Waals surface area contributed by atoms with Crippen LogP contribution in [0.1, 0.15) is 50.3 Å². The highest BCUT2D eigenvalue weighted by molar-refractivity contribution is 5.76. The van der Waals surface area contributed by atoms with Crippen molar-refractivity contribution in [2.75, 3.05) is 25.1 Å². The molecule has 0 spiro atoms. The predicted octanol–water partition coefficient (Wildman–Crippen LogP) is 4.74. The average Bonchev–Trinajstić information content (AvgIpc) is 2.73. The van der Waals surface area contributed by atoms with E-state index in [1.807, 2.05) is 31.2 Å². The quantitative estimate of drug-likeness (QED) is 0.754. The number of ether oxygens (including phenoxy) is 1. The number of hydrogen-bond acceptors (Lipinski definition) is 3. The van der Waals surface area contributed by atoms with E-state index in [1.165, 1.54) is 18.5 Å². The maximum absolute atomic E-state index is 12.3. The third-order valence-electron chi connectivity index (χ3n) is 5.72. The van der Waals surface area contributed by atoms with Crippen LogP contribution in [-0.2, 0) is 11.2 Å². The molecule has 1 N–H and O–H groups in total. The van der Waals surface area contributed by atoms with Gasteiger partial charge >= 0.3 is 0 Å². The lowest BCUT2D eigenvalue weighted by Crippen LogP contribution is -2.32. The SMILES string of the molecule is COc1ccc(CCC(=O)N[C@@H](C)c2ccc(N3CCC(C)CC3)cc2)cc1. The van der Waals surface area contributed by atoms with Gasteiger partial charge in [0.15, 0.2) is 0 Å². The molecule has 28 heavy (non-hydrogen) atoms. The standard InChI is InChI=1S/C24H32N2O2/c1-18-14-16-26(17-15-18)22-9-7-21(8-10-22)19(2)25-24(27)13-6-20-4-11-23(28-3)12-5-20/h4-5,7-12,18-19H,6,13-17H2,1-3H3,(H,25,27)/t19-/m0/s1. The minimum atomic E-state index is 0.0128. The molecule has 1 fully saturated rings. The number of nitrogens with one attached hydrogen (secondary N) is 1. The fourth-order valence-electron chi connectivity index (χ4n) is 3.69. The Morgan fingerprint density at radius 2 is 1.75 bits per heavy atom. The van der Waals surface area contributed by atoms with Crippen LogP contribution in [0.3, 0.4) is 0 Å². The largest absolute Gasteiger partial charge is 0.497 e. The highest BCUT2D eigenvalue weighted by Gasteiger charge is 2.16. The van der Waals surface area contributed by atoms with Gasteiger partial charge in [0.2, 0.25) is 5.91 Å². The molecule has 1 heterocycles. The van der Waals surface area contributed by atoms with E-state index in [4.69, 9.17) is 4.74 Å². The summed E-state index contributed by atoms with van der Waals surface area (Å²) in [5, 5.41) is 3.12. The molecule has 0 saturated carbocycles. The van der Waals surface area contributed by atoms with Crippen molar-refractivity contribution in [3.63, 3.8) is 0 Å². The number of anilines is 1. The second kappa shape index (κ2) is 9.63. The number of carbonyl (C=O) groups is 1. The Morgan fingerprint density at radius 3 is 2.36 bits per heavy atom. The fraction of sp³-hybridized carbons (Fsp3) is 0.458. The van der Waals surface area contributed by atoms with Crippen LogP contribution in [0.15, 0.2) is 48.5 Å². The first-order valence-corrected chi connectivity index (χ1v) is 10.3. The van der Waals surface area contributed by atoms with Gasteiger partial charge in [-0.2, -0.15) is 0 Å². The molecule has 1 aliphatic rings. The van der Waals surface area contributed by atoms with Crippen molar-refractivity contribution in [2.45, 2.75) is 45.6 Å². The summed E-state index contributed by atoms with van der Waals surface area (Å²) >= 11 is 0. The van der Waals surface area contributed by atoms with E-state index >= 15 is 0 Å². The summed E-state index contributed by atoms with van der Waals surface area (Å²) in [4.78, 5) is 14.8. The van der Waals surface area contributed by atoms with E-state index in [0.717, 1.165) is 42.3 Å². The van der Waals surface area contributed by atoms with E-state index in [9.17, 15) is 4.79 Å². The van der Waals surface area contributed by atoms with Crippen molar-refractivity contribution in [2.24, 2.45) is 5.92 Å². The topological polar surface area (TPSA) is 41.6 Å². The zero-order chi connectivity index (χ0) is 19.9. The third kappa shape index (κ3) is 5.51. The van der Waals surface area contributed by atoms with E-state index in [-0.39, 0.29) is 11.9 Å². The van der Waals surface area contributed by atoms with Crippen LogP contribution in [0, 0.1) is 5.92 Å². The van der Waals surface area contributed by atoms with Crippen LogP contribution in [0.5, 0.6) is 5.75 Å². The first kappa shape index (κ1) is 20.2. The van der Waals surface area contributed by atoms with Gasteiger partial charge in [-0.25, -0.2) is 0 Å². The van der Waals surface area contributed by atoms with Gasteiger partial charge < -0.3 is 15.0 Å². The molecule has 4 heteroatoms. The van der Waals surface area contributed by atoms with Gasteiger partial charge in [-0.15, -0.1) is 0 Å². The Kier molecular flexibility index (Phi) is 6.96. The van der Waals surface area contributed by atoms with Crippen molar-refractivity contribution in [1.82, 2.24) is 5.32 Å². The van der Waals surface area contributed by atoms with Crippen LogP contribution in [-0.4, -0.2) is 26.1 Å². The van der Waals surface area contributed by atoms with Gasteiger partial charge in [0.05, 0.1) is 13.2 Å². The molecule has 0 aliphatic carbocycles. The molecule has 4 nitrogen and oxygen atoms in total. The Labute approximate surface area is 168 Å². The van der Waals surface area contributed by atoms with Crippen LogP contribution >= 0.6 is 0 Å². The normalized spacial score (nSPS) is 15.9. The molecule has 2 aromatic carbocycles. The van der Waals surface area contributed by atoms with E-state index in [2.05, 4.69) is 41.4 Å². The lowest BCUT2D eigenvalue weighted by Gasteiger charge is -2.32. The van der Waals surface area contributed by atoms with E-state index in [1.54, 1.807) is 7.11 Å². The van der Waals surface area contributed by atoms with Crippen molar-refractivity contribution in [3.8, 4) is 5.75 Å². The van der Waals surface area contributed by atoms with Gasteiger partial charge in [-0.1, -0.05) is 31.2 Å². The summed E-state index contributed by atoms with van der Waals surface area (Å²) < 4.78 is 5.17. The summed E-state index contributed by atoms with van der Waals surface area (Å²) in [6, 6.07) is 16.5.